The molecule has 1 aliphatic heterocycles. The summed E-state index contributed by atoms with van der Waals surface area (Å²) < 4.78 is 31.2. The van der Waals surface area contributed by atoms with Crippen molar-refractivity contribution in [1.82, 2.24) is 4.31 Å². The van der Waals surface area contributed by atoms with Crippen LogP contribution in [-0.4, -0.2) is 39.0 Å². The second kappa shape index (κ2) is 5.36. The number of ether oxygens (including phenoxy) is 1. The Bertz CT molecular complexity index is 575. The SMILES string of the molecule is [N-]=[N+]=Nc1ccccc1S(=O)(=O)N1CCOCC1. The summed E-state index contributed by atoms with van der Waals surface area (Å²) in [5.74, 6) is 0. The normalized spacial score (nSPS) is 17.1. The first-order valence-electron chi connectivity index (χ1n) is 5.38. The third-order valence-corrected chi connectivity index (χ3v) is 4.55. The van der Waals surface area contributed by atoms with Crippen molar-refractivity contribution in [2.24, 2.45) is 5.11 Å². The molecule has 1 aromatic carbocycles. The molecule has 0 unspecified atom stereocenters. The van der Waals surface area contributed by atoms with E-state index >= 15 is 0 Å². The quantitative estimate of drug-likeness (QED) is 0.473. The maximum atomic E-state index is 12.4. The largest absolute Gasteiger partial charge is 0.379 e. The molecule has 96 valence electrons. The van der Waals surface area contributed by atoms with Crippen LogP contribution in [0.1, 0.15) is 0 Å². The van der Waals surface area contributed by atoms with Crippen LogP contribution in [0.4, 0.5) is 5.69 Å². The van der Waals surface area contributed by atoms with Crippen LogP contribution >= 0.6 is 0 Å². The van der Waals surface area contributed by atoms with E-state index in [1.54, 1.807) is 12.1 Å². The van der Waals surface area contributed by atoms with Crippen molar-refractivity contribution in [2.75, 3.05) is 26.3 Å². The Balaban J connectivity index is 2.43. The van der Waals surface area contributed by atoms with Gasteiger partial charge in [-0.2, -0.15) is 4.31 Å². The van der Waals surface area contributed by atoms with Crippen LogP contribution in [0.3, 0.4) is 0 Å². The molecule has 0 radical (unpaired) electrons. The summed E-state index contributed by atoms with van der Waals surface area (Å²) in [6.45, 7) is 1.38. The first-order chi connectivity index (χ1) is 8.66. The molecule has 8 heteroatoms. The molecule has 1 fully saturated rings. The molecule has 0 spiro atoms. The number of rotatable bonds is 3. The maximum absolute atomic E-state index is 12.4. The predicted octanol–water partition coefficient (Wildman–Crippen LogP) is 1.65. The van der Waals surface area contributed by atoms with Gasteiger partial charge in [-0.3, -0.25) is 0 Å². The van der Waals surface area contributed by atoms with Crippen molar-refractivity contribution in [3.63, 3.8) is 0 Å². The van der Waals surface area contributed by atoms with E-state index in [9.17, 15) is 8.42 Å². The van der Waals surface area contributed by atoms with Gasteiger partial charge in [-0.15, -0.1) is 0 Å². The molecule has 1 aliphatic rings. The summed E-state index contributed by atoms with van der Waals surface area (Å²) >= 11 is 0. The lowest BCUT2D eigenvalue weighted by Crippen LogP contribution is -2.40. The summed E-state index contributed by atoms with van der Waals surface area (Å²) in [5, 5.41) is 3.41. The third-order valence-electron chi connectivity index (χ3n) is 2.61. The standard InChI is InChI=1S/C10H12N4O3S/c11-13-12-9-3-1-2-4-10(9)18(15,16)14-5-7-17-8-6-14/h1-4H,5-8H2. The highest BCUT2D eigenvalue weighted by atomic mass is 32.2. The Labute approximate surface area is 105 Å². The number of benzene rings is 1. The molecule has 0 saturated carbocycles. The fraction of sp³-hybridized carbons (Fsp3) is 0.400. The van der Waals surface area contributed by atoms with Crippen molar-refractivity contribution in [2.45, 2.75) is 4.90 Å². The Hall–Kier alpha value is -1.60. The highest BCUT2D eigenvalue weighted by Gasteiger charge is 2.27. The molecule has 1 saturated heterocycles. The molecule has 18 heavy (non-hydrogen) atoms. The van der Waals surface area contributed by atoms with Gasteiger partial charge in [-0.1, -0.05) is 23.3 Å². The Morgan fingerprint density at radius 2 is 1.94 bits per heavy atom. The third kappa shape index (κ3) is 2.46. The second-order valence-corrected chi connectivity index (χ2v) is 5.58. The minimum atomic E-state index is -3.63. The second-order valence-electron chi connectivity index (χ2n) is 3.67. The summed E-state index contributed by atoms with van der Waals surface area (Å²) in [6, 6.07) is 6.15. The lowest BCUT2D eigenvalue weighted by molar-refractivity contribution is 0.0730. The lowest BCUT2D eigenvalue weighted by Gasteiger charge is -2.26. The summed E-state index contributed by atoms with van der Waals surface area (Å²) in [5.41, 5.74) is 8.57. The first kappa shape index (κ1) is 12.8. The van der Waals surface area contributed by atoms with Gasteiger partial charge in [0.15, 0.2) is 0 Å². The van der Waals surface area contributed by atoms with Gasteiger partial charge in [-0.25, -0.2) is 8.42 Å². The monoisotopic (exact) mass is 268 g/mol. The predicted molar refractivity (Wildman–Crippen MR) is 64.8 cm³/mol. The van der Waals surface area contributed by atoms with E-state index in [1.165, 1.54) is 16.4 Å². The topological polar surface area (TPSA) is 95.4 Å². The number of hydrogen-bond acceptors (Lipinski definition) is 4. The number of hydrogen-bond donors (Lipinski definition) is 0. The van der Waals surface area contributed by atoms with Gasteiger partial charge in [0.25, 0.3) is 0 Å². The number of nitrogens with zero attached hydrogens (tertiary/aromatic N) is 4. The van der Waals surface area contributed by atoms with Crippen molar-refractivity contribution in [1.29, 1.82) is 0 Å². The van der Waals surface area contributed by atoms with Crippen molar-refractivity contribution in [3.05, 3.63) is 34.7 Å². The minimum Gasteiger partial charge on any atom is -0.379 e. The van der Waals surface area contributed by atoms with E-state index < -0.39 is 10.0 Å². The number of sulfonamides is 1. The van der Waals surface area contributed by atoms with Gasteiger partial charge >= 0.3 is 0 Å². The fourth-order valence-electron chi connectivity index (χ4n) is 1.73. The highest BCUT2D eigenvalue weighted by molar-refractivity contribution is 7.89. The first-order valence-corrected chi connectivity index (χ1v) is 6.82. The van der Waals surface area contributed by atoms with Crippen LogP contribution in [0.5, 0.6) is 0 Å². The molecular formula is C10H12N4O3S. The number of azide groups is 1. The average Bonchev–Trinajstić information content (AvgIpc) is 2.41. The molecular weight excluding hydrogens is 256 g/mol. The zero-order valence-corrected chi connectivity index (χ0v) is 10.4. The maximum Gasteiger partial charge on any atom is 0.243 e. The molecule has 2 rings (SSSR count). The molecule has 0 amide bonds. The summed E-state index contributed by atoms with van der Waals surface area (Å²) in [6.07, 6.45) is 0. The summed E-state index contributed by atoms with van der Waals surface area (Å²) in [4.78, 5) is 2.67. The van der Waals surface area contributed by atoms with E-state index in [2.05, 4.69) is 10.0 Å². The van der Waals surface area contributed by atoms with Crippen LogP contribution < -0.4 is 0 Å². The molecule has 0 aromatic heterocycles. The van der Waals surface area contributed by atoms with Crippen molar-refractivity contribution < 1.29 is 13.2 Å². The molecule has 0 N–H and O–H groups in total. The van der Waals surface area contributed by atoms with E-state index in [4.69, 9.17) is 10.3 Å². The van der Waals surface area contributed by atoms with Crippen LogP contribution in [0.25, 0.3) is 10.4 Å². The van der Waals surface area contributed by atoms with Crippen LogP contribution in [0.2, 0.25) is 0 Å². The van der Waals surface area contributed by atoms with Gasteiger partial charge in [0.05, 0.1) is 23.8 Å². The van der Waals surface area contributed by atoms with Gasteiger partial charge in [-0.05, 0) is 11.6 Å². The van der Waals surface area contributed by atoms with Crippen LogP contribution in [0, 0.1) is 0 Å². The minimum absolute atomic E-state index is 0.0321. The molecule has 1 aromatic rings. The van der Waals surface area contributed by atoms with Gasteiger partial charge in [0, 0.05) is 18.0 Å². The van der Waals surface area contributed by atoms with Crippen LogP contribution in [0.15, 0.2) is 34.3 Å². The Kier molecular flexibility index (Phi) is 3.83. The van der Waals surface area contributed by atoms with E-state index in [0.717, 1.165) is 0 Å². The van der Waals surface area contributed by atoms with Crippen LogP contribution in [-0.2, 0) is 14.8 Å². The number of morpholine rings is 1. The smallest absolute Gasteiger partial charge is 0.243 e. The highest BCUT2D eigenvalue weighted by Crippen LogP contribution is 2.27. The fourth-order valence-corrected chi connectivity index (χ4v) is 3.26. The molecule has 0 bridgehead atoms. The molecule has 0 atom stereocenters. The van der Waals surface area contributed by atoms with E-state index in [0.29, 0.717) is 26.3 Å². The van der Waals surface area contributed by atoms with Gasteiger partial charge in [0.1, 0.15) is 0 Å². The average molecular weight is 268 g/mol. The van der Waals surface area contributed by atoms with Crippen molar-refractivity contribution >= 4 is 15.7 Å². The zero-order valence-electron chi connectivity index (χ0n) is 9.56. The molecule has 0 aliphatic carbocycles. The van der Waals surface area contributed by atoms with E-state index in [-0.39, 0.29) is 10.6 Å². The Morgan fingerprint density at radius 1 is 1.28 bits per heavy atom. The van der Waals surface area contributed by atoms with Crippen molar-refractivity contribution in [3.8, 4) is 0 Å². The Morgan fingerprint density at radius 3 is 2.61 bits per heavy atom. The summed E-state index contributed by atoms with van der Waals surface area (Å²) in [7, 11) is -3.63. The molecule has 1 heterocycles. The van der Waals surface area contributed by atoms with E-state index in [1.807, 2.05) is 0 Å². The van der Waals surface area contributed by atoms with Gasteiger partial charge in [0.2, 0.25) is 10.0 Å². The lowest BCUT2D eigenvalue weighted by atomic mass is 10.3. The zero-order chi connectivity index (χ0) is 13.0. The van der Waals surface area contributed by atoms with Gasteiger partial charge < -0.3 is 4.74 Å². The molecule has 7 nitrogen and oxygen atoms in total.